The smallest absolute Gasteiger partial charge is 0.421 e. The third-order valence-electron chi connectivity index (χ3n) is 3.76. The predicted molar refractivity (Wildman–Crippen MR) is 87.7 cm³/mol. The van der Waals surface area contributed by atoms with E-state index in [-0.39, 0.29) is 11.8 Å². The van der Waals surface area contributed by atoms with E-state index in [1.165, 1.54) is 6.08 Å². The molecule has 0 spiro atoms. The summed E-state index contributed by atoms with van der Waals surface area (Å²) in [5.41, 5.74) is -12.4. The van der Waals surface area contributed by atoms with Crippen molar-refractivity contribution < 1.29 is 52.5 Å². The van der Waals surface area contributed by atoms with Crippen LogP contribution in [-0.2, 0) is 24.8 Å². The highest BCUT2D eigenvalue weighted by Gasteiger charge is 2.47. The van der Waals surface area contributed by atoms with Gasteiger partial charge in [0.15, 0.2) is 26.1 Å². The van der Waals surface area contributed by atoms with Gasteiger partial charge in [-0.1, -0.05) is 13.2 Å². The van der Waals surface area contributed by atoms with E-state index in [2.05, 4.69) is 20.2 Å². The fourth-order valence-electron chi connectivity index (χ4n) is 2.43. The molecule has 0 aromatic carbocycles. The molecule has 1 heterocycles. The van der Waals surface area contributed by atoms with Crippen LogP contribution in [0.4, 0.5) is 26.3 Å². The number of nitrogens with zero attached hydrogens (tertiary/aromatic N) is 2. The van der Waals surface area contributed by atoms with Crippen molar-refractivity contribution in [1.29, 1.82) is 0 Å². The van der Waals surface area contributed by atoms with Crippen molar-refractivity contribution >= 4 is 25.8 Å². The highest BCUT2D eigenvalue weighted by atomic mass is 32.3. The maximum absolute atomic E-state index is 11.5. The van der Waals surface area contributed by atoms with Gasteiger partial charge in [0.05, 0.1) is 20.1 Å². The van der Waals surface area contributed by atoms with E-state index < -0.39 is 31.1 Å². The number of rotatable bonds is 6. The Bertz CT molecular complexity index is 762. The molecule has 1 aliphatic rings. The molecule has 164 valence electrons. The lowest BCUT2D eigenvalue weighted by molar-refractivity contribution is -0.906. The van der Waals surface area contributed by atoms with Crippen molar-refractivity contribution in [3.8, 4) is 0 Å². The van der Waals surface area contributed by atoms with E-state index in [9.17, 15) is 48.0 Å². The Morgan fingerprint density at radius 2 is 1.50 bits per heavy atom. The zero-order chi connectivity index (χ0) is 22.6. The van der Waals surface area contributed by atoms with E-state index in [4.69, 9.17) is 0 Å². The number of ketones is 1. The molecule has 0 aromatic rings. The molecule has 0 radical (unpaired) electrons. The number of hydrogen-bond acceptors (Lipinski definition) is 5. The summed E-state index contributed by atoms with van der Waals surface area (Å²) in [5, 5.41) is 0. The van der Waals surface area contributed by atoms with Gasteiger partial charge in [-0.05, 0) is 12.2 Å². The molecule has 1 fully saturated rings. The Morgan fingerprint density at radius 3 is 1.82 bits per heavy atom. The van der Waals surface area contributed by atoms with Crippen molar-refractivity contribution in [2.45, 2.75) is 29.9 Å². The number of alkyl halides is 6. The lowest BCUT2D eigenvalue weighted by Gasteiger charge is -2.33. The van der Waals surface area contributed by atoms with Crippen molar-refractivity contribution in [2.24, 2.45) is 0 Å². The number of halogens is 6. The van der Waals surface area contributed by atoms with E-state index in [1.807, 2.05) is 6.08 Å². The van der Waals surface area contributed by atoms with Crippen molar-refractivity contribution in [3.05, 3.63) is 29.4 Å². The fourth-order valence-corrected chi connectivity index (χ4v) is 4.14. The maximum atomic E-state index is 11.5. The van der Waals surface area contributed by atoms with E-state index in [1.54, 1.807) is 0 Å². The lowest BCUT2D eigenvalue weighted by atomic mass is 10.1. The van der Waals surface area contributed by atoms with Crippen molar-refractivity contribution in [2.75, 3.05) is 20.1 Å². The molecule has 0 aliphatic carbocycles. The van der Waals surface area contributed by atoms with Gasteiger partial charge in [0, 0.05) is 12.8 Å². The molecule has 0 saturated carbocycles. The number of quaternary nitrogens is 1. The number of carbonyl (C=O) groups is 1. The van der Waals surface area contributed by atoms with Crippen LogP contribution < -0.4 is 0 Å². The molecule has 15 heteroatoms. The second-order valence-electron chi connectivity index (χ2n) is 5.85. The van der Waals surface area contributed by atoms with Gasteiger partial charge in [0.25, 0.3) is 0 Å². The number of sulfonamides is 2. The van der Waals surface area contributed by atoms with Crippen LogP contribution in [0.25, 0.3) is 4.13 Å². The number of carbonyl (C=O) groups excluding carboxylic acids is 1. The average Bonchev–Trinajstić information content (AvgIpc) is 2.85. The Labute approximate surface area is 158 Å². The van der Waals surface area contributed by atoms with Crippen LogP contribution in [0.2, 0.25) is 0 Å². The van der Waals surface area contributed by atoms with Crippen LogP contribution in [0.5, 0.6) is 0 Å². The van der Waals surface area contributed by atoms with Gasteiger partial charge in [-0.3, -0.25) is 4.79 Å². The quantitative estimate of drug-likeness (QED) is 0.263. The van der Waals surface area contributed by atoms with Crippen LogP contribution >= 0.6 is 0 Å². The summed E-state index contributed by atoms with van der Waals surface area (Å²) in [4.78, 5) is 11.5. The first kappa shape index (κ1) is 26.6. The number of hydrogen-bond donors (Lipinski definition) is 0. The fraction of sp³-hybridized carbons (Fsp3) is 0.615. The van der Waals surface area contributed by atoms with Crippen LogP contribution in [0.15, 0.2) is 25.3 Å². The number of likely N-dealkylation sites (tertiary alicyclic amines) is 1. The highest BCUT2D eigenvalue weighted by molar-refractivity contribution is 8.13. The van der Waals surface area contributed by atoms with Crippen LogP contribution in [0, 0.1) is 0 Å². The normalized spacial score (nSPS) is 23.5. The Morgan fingerprint density at radius 1 is 1.07 bits per heavy atom. The summed E-state index contributed by atoms with van der Waals surface area (Å²) in [5.74, 6) is 0.182. The predicted octanol–water partition coefficient (Wildman–Crippen LogP) is 2.60. The van der Waals surface area contributed by atoms with Crippen molar-refractivity contribution in [1.82, 2.24) is 0 Å². The topological polar surface area (TPSA) is 99.4 Å². The Balaban J connectivity index is 0.000000525. The molecule has 0 aromatic heterocycles. The van der Waals surface area contributed by atoms with Gasteiger partial charge in [-0.25, -0.2) is 16.8 Å². The third-order valence-corrected chi connectivity index (χ3v) is 6.50. The zero-order valence-electron chi connectivity index (χ0n) is 14.5. The summed E-state index contributed by atoms with van der Waals surface area (Å²) in [6.45, 7) is 9.24. The van der Waals surface area contributed by atoms with Gasteiger partial charge in [0.2, 0.25) is 5.78 Å². The first-order chi connectivity index (χ1) is 12.3. The molecule has 1 aliphatic heterocycles. The Hall–Kier alpha value is -1.45. The SMILES string of the molecule is C=CC[N+]1(C)CCCC1C(=O)C=C.O=S(=O)([N-]S(=O)(=O)C(F)(F)F)C(F)(F)F. The van der Waals surface area contributed by atoms with Crippen LogP contribution in [0.3, 0.4) is 0 Å². The second-order valence-corrected chi connectivity index (χ2v) is 9.28. The van der Waals surface area contributed by atoms with E-state index in [0.29, 0.717) is 0 Å². The molecular weight excluding hydrogens is 442 g/mol. The minimum absolute atomic E-state index is 0.121. The molecule has 7 nitrogen and oxygen atoms in total. The highest BCUT2D eigenvalue weighted by Crippen LogP contribution is 2.36. The van der Waals surface area contributed by atoms with Gasteiger partial charge in [-0.2, -0.15) is 26.3 Å². The molecule has 2 unspecified atom stereocenters. The Kier molecular flexibility index (Phi) is 8.46. The second kappa shape index (κ2) is 8.92. The first-order valence-corrected chi connectivity index (χ1v) is 10.2. The number of likely N-dealkylation sites (N-methyl/N-ethyl adjacent to an activating group) is 1. The monoisotopic (exact) mass is 460 g/mol. The largest absolute Gasteiger partial charge is 0.480 e. The summed E-state index contributed by atoms with van der Waals surface area (Å²) in [6.07, 6.45) is 5.48. The minimum Gasteiger partial charge on any atom is -0.421 e. The van der Waals surface area contributed by atoms with Crippen LogP contribution in [-0.4, -0.2) is 64.3 Å². The van der Waals surface area contributed by atoms with Gasteiger partial charge in [-0.15, -0.1) is 0 Å². The molecule has 2 atom stereocenters. The summed E-state index contributed by atoms with van der Waals surface area (Å²) >= 11 is 0. The summed E-state index contributed by atoms with van der Waals surface area (Å²) in [6, 6.07) is 0.121. The van der Waals surface area contributed by atoms with Gasteiger partial charge >= 0.3 is 11.0 Å². The average molecular weight is 460 g/mol. The molecule has 0 bridgehead atoms. The van der Waals surface area contributed by atoms with Crippen LogP contribution in [0.1, 0.15) is 12.8 Å². The molecule has 1 rings (SSSR count). The lowest BCUT2D eigenvalue weighted by Crippen LogP contribution is -2.51. The standard InChI is InChI=1S/C11H18NO.C2F6NO4S2/c1-4-8-12(3)9-6-7-10(12)11(13)5-2;3-1(4,5)14(10,11)9-15(12,13)2(6,7)8/h4-5,10H,1-2,6-9H2,3H3;/q+1;-1. The van der Waals surface area contributed by atoms with Gasteiger partial charge < -0.3 is 8.61 Å². The minimum atomic E-state index is -6.72. The van der Waals surface area contributed by atoms with E-state index in [0.717, 1.165) is 34.5 Å². The van der Waals surface area contributed by atoms with Gasteiger partial charge in [0.1, 0.15) is 0 Å². The summed E-state index contributed by atoms with van der Waals surface area (Å²) in [7, 11) is -11.3. The third kappa shape index (κ3) is 6.56. The molecule has 1 saturated heterocycles. The molecular formula is C13H18F6N2O5S2. The maximum Gasteiger partial charge on any atom is 0.480 e. The van der Waals surface area contributed by atoms with Crippen molar-refractivity contribution in [3.63, 3.8) is 0 Å². The molecule has 0 N–H and O–H groups in total. The van der Waals surface area contributed by atoms with E-state index >= 15 is 0 Å². The zero-order valence-corrected chi connectivity index (χ0v) is 16.1. The molecule has 0 amide bonds. The molecule has 28 heavy (non-hydrogen) atoms. The summed E-state index contributed by atoms with van der Waals surface area (Å²) < 4.78 is 110. The first-order valence-electron chi connectivity index (χ1n) is 7.33.